The first kappa shape index (κ1) is 11.9. The molecule has 0 aliphatic carbocycles. The van der Waals surface area contributed by atoms with Gasteiger partial charge in [0.05, 0.1) is 6.10 Å². The molecule has 1 N–H and O–H groups in total. The molecule has 0 aromatic heterocycles. The normalized spacial score (nSPS) is 16.5. The molecule has 0 radical (unpaired) electrons. The van der Waals surface area contributed by atoms with Crippen molar-refractivity contribution in [1.29, 1.82) is 0 Å². The van der Waals surface area contributed by atoms with Crippen molar-refractivity contribution in [1.82, 2.24) is 0 Å². The highest BCUT2D eigenvalue weighted by atomic mass is 16.5. The summed E-state index contributed by atoms with van der Waals surface area (Å²) in [6, 6.07) is 0. The van der Waals surface area contributed by atoms with Crippen LogP contribution in [0.3, 0.4) is 0 Å². The van der Waals surface area contributed by atoms with Crippen molar-refractivity contribution in [3.05, 3.63) is 0 Å². The van der Waals surface area contributed by atoms with Crippen molar-refractivity contribution in [2.24, 2.45) is 11.8 Å². The Morgan fingerprint density at radius 2 is 1.83 bits per heavy atom. The van der Waals surface area contributed by atoms with E-state index in [1.54, 1.807) is 7.11 Å². The lowest BCUT2D eigenvalue weighted by atomic mass is 9.90. The van der Waals surface area contributed by atoms with Gasteiger partial charge < -0.3 is 9.84 Å². The van der Waals surface area contributed by atoms with Crippen molar-refractivity contribution in [3.63, 3.8) is 0 Å². The molecule has 0 fully saturated rings. The molecule has 0 rings (SSSR count). The van der Waals surface area contributed by atoms with E-state index in [1.807, 2.05) is 0 Å². The van der Waals surface area contributed by atoms with Gasteiger partial charge in [-0.2, -0.15) is 0 Å². The Labute approximate surface area is 75.9 Å². The van der Waals surface area contributed by atoms with E-state index in [1.165, 1.54) is 0 Å². The molecule has 74 valence electrons. The third-order valence-electron chi connectivity index (χ3n) is 2.51. The monoisotopic (exact) mass is 174 g/mol. The van der Waals surface area contributed by atoms with Crippen molar-refractivity contribution < 1.29 is 9.84 Å². The maximum absolute atomic E-state index is 9.66. The minimum Gasteiger partial charge on any atom is -0.393 e. The first-order valence-corrected chi connectivity index (χ1v) is 4.76. The Morgan fingerprint density at radius 1 is 1.25 bits per heavy atom. The van der Waals surface area contributed by atoms with Gasteiger partial charge in [0.25, 0.3) is 0 Å². The van der Waals surface area contributed by atoms with Gasteiger partial charge in [-0.05, 0) is 24.7 Å². The summed E-state index contributed by atoms with van der Waals surface area (Å²) in [5.74, 6) is 0.949. The molecule has 2 heteroatoms. The Kier molecular flexibility index (Phi) is 6.39. The Hall–Kier alpha value is -0.0800. The molecule has 0 aliphatic heterocycles. The number of ether oxygens (including phenoxy) is 1. The molecule has 0 aliphatic rings. The number of hydrogen-bond acceptors (Lipinski definition) is 2. The van der Waals surface area contributed by atoms with E-state index < -0.39 is 0 Å². The van der Waals surface area contributed by atoms with Crippen molar-refractivity contribution in [2.75, 3.05) is 13.7 Å². The van der Waals surface area contributed by atoms with Gasteiger partial charge in [0, 0.05) is 13.7 Å². The molecule has 0 amide bonds. The van der Waals surface area contributed by atoms with Gasteiger partial charge in [-0.25, -0.2) is 0 Å². The second-order valence-corrected chi connectivity index (χ2v) is 3.81. The van der Waals surface area contributed by atoms with Crippen LogP contribution in [0, 0.1) is 11.8 Å². The maximum Gasteiger partial charge on any atom is 0.0569 e. The van der Waals surface area contributed by atoms with Crippen LogP contribution in [0.15, 0.2) is 0 Å². The Morgan fingerprint density at radius 3 is 2.25 bits per heavy atom. The van der Waals surface area contributed by atoms with Crippen LogP contribution in [0.2, 0.25) is 0 Å². The summed E-state index contributed by atoms with van der Waals surface area (Å²) in [5.41, 5.74) is 0. The first-order valence-electron chi connectivity index (χ1n) is 4.76. The van der Waals surface area contributed by atoms with Gasteiger partial charge in [0.2, 0.25) is 0 Å². The highest BCUT2D eigenvalue weighted by Crippen LogP contribution is 2.17. The van der Waals surface area contributed by atoms with Crippen LogP contribution in [0.1, 0.15) is 33.6 Å². The van der Waals surface area contributed by atoms with Crippen molar-refractivity contribution in [2.45, 2.75) is 39.7 Å². The third-order valence-corrected chi connectivity index (χ3v) is 2.51. The van der Waals surface area contributed by atoms with E-state index in [-0.39, 0.29) is 6.10 Å². The van der Waals surface area contributed by atoms with Crippen molar-refractivity contribution in [3.8, 4) is 0 Å². The predicted molar refractivity (Wildman–Crippen MR) is 51.1 cm³/mol. The SMILES string of the molecule is COCCCC(O)C(C)C(C)C. The van der Waals surface area contributed by atoms with Crippen LogP contribution in [-0.2, 0) is 4.74 Å². The second-order valence-electron chi connectivity index (χ2n) is 3.81. The lowest BCUT2D eigenvalue weighted by molar-refractivity contribution is 0.0724. The van der Waals surface area contributed by atoms with E-state index in [9.17, 15) is 5.11 Å². The Balaban J connectivity index is 3.49. The van der Waals surface area contributed by atoms with Crippen LogP contribution >= 0.6 is 0 Å². The van der Waals surface area contributed by atoms with Crippen LogP contribution in [0.5, 0.6) is 0 Å². The number of methoxy groups -OCH3 is 1. The lowest BCUT2D eigenvalue weighted by Crippen LogP contribution is -2.22. The number of aliphatic hydroxyl groups excluding tert-OH is 1. The summed E-state index contributed by atoms with van der Waals surface area (Å²) in [6.45, 7) is 7.14. The van der Waals surface area contributed by atoms with Gasteiger partial charge in [0.15, 0.2) is 0 Å². The van der Waals surface area contributed by atoms with Gasteiger partial charge in [-0.15, -0.1) is 0 Å². The molecular formula is C10H22O2. The molecule has 0 aromatic rings. The van der Waals surface area contributed by atoms with E-state index in [2.05, 4.69) is 20.8 Å². The fourth-order valence-electron chi connectivity index (χ4n) is 1.14. The minimum atomic E-state index is -0.167. The summed E-state index contributed by atoms with van der Waals surface area (Å²) in [7, 11) is 1.69. The Bertz CT molecular complexity index is 102. The van der Waals surface area contributed by atoms with Gasteiger partial charge in [-0.3, -0.25) is 0 Å². The fraction of sp³-hybridized carbons (Fsp3) is 1.00. The molecule has 2 nitrogen and oxygen atoms in total. The standard InChI is InChI=1S/C10H22O2/c1-8(2)9(3)10(11)6-5-7-12-4/h8-11H,5-7H2,1-4H3. The van der Waals surface area contributed by atoms with E-state index in [0.717, 1.165) is 19.4 Å². The van der Waals surface area contributed by atoms with Crippen LogP contribution in [0.25, 0.3) is 0 Å². The molecule has 0 heterocycles. The fourth-order valence-corrected chi connectivity index (χ4v) is 1.14. The number of rotatable bonds is 6. The van der Waals surface area contributed by atoms with Gasteiger partial charge in [-0.1, -0.05) is 20.8 Å². The first-order chi connectivity index (χ1) is 5.59. The average molecular weight is 174 g/mol. The molecule has 2 unspecified atom stereocenters. The molecule has 0 aromatic carbocycles. The average Bonchev–Trinajstić information content (AvgIpc) is 2.03. The van der Waals surface area contributed by atoms with Crippen molar-refractivity contribution >= 4 is 0 Å². The summed E-state index contributed by atoms with van der Waals surface area (Å²) >= 11 is 0. The number of hydrogen-bond donors (Lipinski definition) is 1. The zero-order chi connectivity index (χ0) is 9.56. The van der Waals surface area contributed by atoms with E-state index in [4.69, 9.17) is 4.74 Å². The minimum absolute atomic E-state index is 0.167. The van der Waals surface area contributed by atoms with E-state index in [0.29, 0.717) is 11.8 Å². The quantitative estimate of drug-likeness (QED) is 0.625. The highest BCUT2D eigenvalue weighted by Gasteiger charge is 2.16. The van der Waals surface area contributed by atoms with Crippen LogP contribution < -0.4 is 0 Å². The molecule has 0 saturated heterocycles. The summed E-state index contributed by atoms with van der Waals surface area (Å²) in [4.78, 5) is 0. The molecule has 12 heavy (non-hydrogen) atoms. The van der Waals surface area contributed by atoms with Crippen LogP contribution in [0.4, 0.5) is 0 Å². The molecule has 0 bridgehead atoms. The third kappa shape index (κ3) is 4.73. The molecule has 0 spiro atoms. The topological polar surface area (TPSA) is 29.5 Å². The highest BCUT2D eigenvalue weighted by molar-refractivity contribution is 4.67. The summed E-state index contributed by atoms with van der Waals surface area (Å²) in [5, 5.41) is 9.66. The zero-order valence-electron chi connectivity index (χ0n) is 8.71. The predicted octanol–water partition coefficient (Wildman–Crippen LogP) is 2.07. The number of aliphatic hydroxyl groups is 1. The van der Waals surface area contributed by atoms with E-state index >= 15 is 0 Å². The maximum atomic E-state index is 9.66. The molecular weight excluding hydrogens is 152 g/mol. The second kappa shape index (κ2) is 6.44. The summed E-state index contributed by atoms with van der Waals surface area (Å²) < 4.78 is 4.92. The van der Waals surface area contributed by atoms with Gasteiger partial charge >= 0.3 is 0 Å². The molecule has 2 atom stereocenters. The smallest absolute Gasteiger partial charge is 0.0569 e. The van der Waals surface area contributed by atoms with Crippen LogP contribution in [-0.4, -0.2) is 24.9 Å². The molecule has 0 saturated carbocycles. The largest absolute Gasteiger partial charge is 0.393 e. The van der Waals surface area contributed by atoms with Gasteiger partial charge in [0.1, 0.15) is 0 Å². The summed E-state index contributed by atoms with van der Waals surface area (Å²) in [6.07, 6.45) is 1.64. The zero-order valence-corrected chi connectivity index (χ0v) is 8.71. The lowest BCUT2D eigenvalue weighted by Gasteiger charge is -2.21.